The fraction of sp³-hybridized carbons (Fsp3) is 0.417. The summed E-state index contributed by atoms with van der Waals surface area (Å²) in [6.45, 7) is 8.85. The van der Waals surface area contributed by atoms with Crippen molar-refractivity contribution >= 4 is 42.4 Å². The number of rotatable bonds is 6. The molecule has 6 nitrogen and oxygen atoms in total. The maximum absolute atomic E-state index is 12.8. The molecule has 8 heteroatoms. The maximum atomic E-state index is 12.8. The van der Waals surface area contributed by atoms with Crippen LogP contribution in [0.25, 0.3) is 10.2 Å². The zero-order valence-electron chi connectivity index (χ0n) is 18.7. The highest BCUT2D eigenvalue weighted by atomic mass is 32.2. The number of piperazine rings is 1. The van der Waals surface area contributed by atoms with Crippen LogP contribution in [0.5, 0.6) is 0 Å². The highest BCUT2D eigenvalue weighted by Gasteiger charge is 2.24. The predicted octanol–water partition coefficient (Wildman–Crippen LogP) is 4.10. The van der Waals surface area contributed by atoms with Crippen LogP contribution < -0.4 is 4.90 Å². The van der Waals surface area contributed by atoms with Crippen LogP contribution >= 0.6 is 11.3 Å². The molecular weight excluding hydrogens is 442 g/mol. The van der Waals surface area contributed by atoms with Gasteiger partial charge in [-0.05, 0) is 35.2 Å². The molecule has 1 saturated heterocycles. The number of para-hydroxylation sites is 1. The SMILES string of the molecule is CCS(=O)(=O)c1ccc(CC(=O)N2CCN(c3nc4c(C(C)C)cccc4s3)CC2)cc1. The first kappa shape index (κ1) is 22.7. The fourth-order valence-corrected chi connectivity index (χ4v) is 5.91. The quantitative estimate of drug-likeness (QED) is 0.541. The largest absolute Gasteiger partial charge is 0.345 e. The van der Waals surface area contributed by atoms with Crippen molar-refractivity contribution in [3.05, 3.63) is 53.6 Å². The number of carbonyl (C=O) groups excluding carboxylic acids is 1. The molecule has 4 rings (SSSR count). The average molecular weight is 472 g/mol. The van der Waals surface area contributed by atoms with E-state index in [1.165, 1.54) is 10.3 Å². The molecule has 1 aliphatic rings. The van der Waals surface area contributed by atoms with E-state index in [9.17, 15) is 13.2 Å². The van der Waals surface area contributed by atoms with Gasteiger partial charge in [-0.15, -0.1) is 0 Å². The Morgan fingerprint density at radius 1 is 1.06 bits per heavy atom. The number of benzene rings is 2. The van der Waals surface area contributed by atoms with Crippen LogP contribution in [0.2, 0.25) is 0 Å². The molecule has 2 heterocycles. The van der Waals surface area contributed by atoms with Gasteiger partial charge in [0.15, 0.2) is 15.0 Å². The van der Waals surface area contributed by atoms with Gasteiger partial charge in [0.1, 0.15) is 0 Å². The summed E-state index contributed by atoms with van der Waals surface area (Å²) in [4.78, 5) is 22.2. The molecule has 1 aromatic heterocycles. The molecule has 0 bridgehead atoms. The van der Waals surface area contributed by atoms with Crippen molar-refractivity contribution < 1.29 is 13.2 Å². The van der Waals surface area contributed by atoms with Crippen molar-refractivity contribution in [3.63, 3.8) is 0 Å². The van der Waals surface area contributed by atoms with Gasteiger partial charge in [0, 0.05) is 26.2 Å². The summed E-state index contributed by atoms with van der Waals surface area (Å²) in [5, 5.41) is 1.02. The van der Waals surface area contributed by atoms with E-state index in [0.29, 0.717) is 23.9 Å². The minimum Gasteiger partial charge on any atom is -0.345 e. The summed E-state index contributed by atoms with van der Waals surface area (Å²) in [6.07, 6.45) is 0.283. The number of nitrogens with zero attached hydrogens (tertiary/aromatic N) is 3. The summed E-state index contributed by atoms with van der Waals surface area (Å²) in [5.74, 6) is 0.574. The third-order valence-electron chi connectivity index (χ3n) is 5.98. The predicted molar refractivity (Wildman–Crippen MR) is 130 cm³/mol. The van der Waals surface area contributed by atoms with Gasteiger partial charge in [0.25, 0.3) is 0 Å². The Bertz CT molecular complexity index is 1210. The smallest absolute Gasteiger partial charge is 0.227 e. The molecule has 0 spiro atoms. The van der Waals surface area contributed by atoms with E-state index in [-0.39, 0.29) is 18.1 Å². The average Bonchev–Trinajstić information content (AvgIpc) is 3.24. The Kier molecular flexibility index (Phi) is 6.53. The van der Waals surface area contributed by atoms with Gasteiger partial charge in [-0.1, -0.05) is 56.4 Å². The van der Waals surface area contributed by atoms with Crippen molar-refractivity contribution in [2.24, 2.45) is 0 Å². The summed E-state index contributed by atoms with van der Waals surface area (Å²) < 4.78 is 25.1. The lowest BCUT2D eigenvalue weighted by Crippen LogP contribution is -2.49. The van der Waals surface area contributed by atoms with Gasteiger partial charge in [-0.25, -0.2) is 13.4 Å². The normalized spacial score (nSPS) is 15.0. The number of hydrogen-bond acceptors (Lipinski definition) is 6. The summed E-state index contributed by atoms with van der Waals surface area (Å²) in [6, 6.07) is 13.0. The molecule has 1 aliphatic heterocycles. The standard InChI is InChI=1S/C24H29N3O3S2/c1-4-32(29,30)19-10-8-18(9-11-19)16-22(28)26-12-14-27(15-13-26)24-25-23-20(17(2)3)6-5-7-21(23)31-24/h5-11,17H,4,12-16H2,1-3H3. The van der Waals surface area contributed by atoms with Crippen LogP contribution in [0.15, 0.2) is 47.4 Å². The van der Waals surface area contributed by atoms with Crippen LogP contribution in [-0.4, -0.2) is 56.1 Å². The number of hydrogen-bond donors (Lipinski definition) is 0. The minimum absolute atomic E-state index is 0.0714. The number of fused-ring (bicyclic) bond motifs is 1. The second kappa shape index (κ2) is 9.19. The number of sulfone groups is 1. The van der Waals surface area contributed by atoms with Crippen LogP contribution in [0.1, 0.15) is 37.8 Å². The molecule has 0 radical (unpaired) electrons. The Morgan fingerprint density at radius 3 is 2.38 bits per heavy atom. The van der Waals surface area contributed by atoms with Gasteiger partial charge in [0.2, 0.25) is 5.91 Å². The van der Waals surface area contributed by atoms with E-state index < -0.39 is 9.84 Å². The fourth-order valence-electron chi connectivity index (χ4n) is 3.97. The molecule has 1 fully saturated rings. The molecule has 32 heavy (non-hydrogen) atoms. The topological polar surface area (TPSA) is 70.6 Å². The second-order valence-electron chi connectivity index (χ2n) is 8.44. The monoisotopic (exact) mass is 471 g/mol. The highest BCUT2D eigenvalue weighted by Crippen LogP contribution is 2.33. The lowest BCUT2D eigenvalue weighted by atomic mass is 10.0. The molecule has 0 saturated carbocycles. The molecule has 0 unspecified atom stereocenters. The van der Waals surface area contributed by atoms with Crippen molar-refractivity contribution in [1.82, 2.24) is 9.88 Å². The van der Waals surface area contributed by atoms with E-state index in [2.05, 4.69) is 36.9 Å². The van der Waals surface area contributed by atoms with Crippen molar-refractivity contribution in [2.75, 3.05) is 36.8 Å². The van der Waals surface area contributed by atoms with Crippen LogP contribution in [0.3, 0.4) is 0 Å². The lowest BCUT2D eigenvalue weighted by molar-refractivity contribution is -0.130. The van der Waals surface area contributed by atoms with E-state index in [1.54, 1.807) is 42.5 Å². The molecule has 0 atom stereocenters. The summed E-state index contributed by atoms with van der Waals surface area (Å²) in [5.41, 5.74) is 3.20. The second-order valence-corrected chi connectivity index (χ2v) is 11.7. The first-order chi connectivity index (χ1) is 15.3. The van der Waals surface area contributed by atoms with Crippen LogP contribution in [-0.2, 0) is 21.1 Å². The van der Waals surface area contributed by atoms with E-state index in [1.807, 2.05) is 4.90 Å². The molecule has 2 aromatic carbocycles. The molecule has 0 aliphatic carbocycles. The van der Waals surface area contributed by atoms with Gasteiger partial charge >= 0.3 is 0 Å². The highest BCUT2D eigenvalue weighted by molar-refractivity contribution is 7.91. The number of anilines is 1. The van der Waals surface area contributed by atoms with E-state index >= 15 is 0 Å². The molecule has 3 aromatic rings. The first-order valence-corrected chi connectivity index (χ1v) is 13.5. The van der Waals surface area contributed by atoms with E-state index in [0.717, 1.165) is 29.3 Å². The summed E-state index contributed by atoms with van der Waals surface area (Å²) >= 11 is 1.71. The number of aromatic nitrogens is 1. The van der Waals surface area contributed by atoms with Crippen molar-refractivity contribution in [2.45, 2.75) is 38.0 Å². The number of amides is 1. The third kappa shape index (κ3) is 4.66. The van der Waals surface area contributed by atoms with Crippen LogP contribution in [0.4, 0.5) is 5.13 Å². The van der Waals surface area contributed by atoms with Gasteiger partial charge < -0.3 is 9.80 Å². The first-order valence-electron chi connectivity index (χ1n) is 11.0. The molecular formula is C24H29N3O3S2. The van der Waals surface area contributed by atoms with Gasteiger partial charge in [-0.3, -0.25) is 4.79 Å². The maximum Gasteiger partial charge on any atom is 0.227 e. The Labute approximate surface area is 193 Å². The Balaban J connectivity index is 1.38. The third-order valence-corrected chi connectivity index (χ3v) is 8.81. The molecule has 170 valence electrons. The minimum atomic E-state index is -3.22. The Hall–Kier alpha value is -2.45. The molecule has 1 amide bonds. The summed E-state index contributed by atoms with van der Waals surface area (Å²) in [7, 11) is -3.22. The van der Waals surface area contributed by atoms with E-state index in [4.69, 9.17) is 4.98 Å². The zero-order valence-corrected chi connectivity index (χ0v) is 20.4. The lowest BCUT2D eigenvalue weighted by Gasteiger charge is -2.34. The van der Waals surface area contributed by atoms with Gasteiger partial charge in [-0.2, -0.15) is 0 Å². The zero-order chi connectivity index (χ0) is 22.9. The molecule has 0 N–H and O–H groups in total. The van der Waals surface area contributed by atoms with Crippen LogP contribution in [0, 0.1) is 0 Å². The van der Waals surface area contributed by atoms with Gasteiger partial charge in [0.05, 0.1) is 27.3 Å². The number of carbonyl (C=O) groups is 1. The Morgan fingerprint density at radius 2 is 1.75 bits per heavy atom. The van der Waals surface area contributed by atoms with Crippen molar-refractivity contribution in [1.29, 1.82) is 0 Å². The number of thiazole rings is 1. The van der Waals surface area contributed by atoms with Crippen molar-refractivity contribution in [3.8, 4) is 0 Å².